The van der Waals surface area contributed by atoms with Crippen LogP contribution >= 0.6 is 0 Å². The molecule has 0 aliphatic carbocycles. The Morgan fingerprint density at radius 3 is 2.06 bits per heavy atom. The summed E-state index contributed by atoms with van der Waals surface area (Å²) < 4.78 is 11.8. The Morgan fingerprint density at radius 2 is 1.71 bits per heavy atom. The number of carbonyl (C=O) groups excluding carboxylic acids is 1. The van der Waals surface area contributed by atoms with Crippen molar-refractivity contribution < 1.29 is 14.1 Å². The van der Waals surface area contributed by atoms with Gasteiger partial charge in [0.25, 0.3) is 0 Å². The fourth-order valence-corrected chi connectivity index (χ4v) is 1.68. The highest BCUT2D eigenvalue weighted by Gasteiger charge is 2.53. The highest BCUT2D eigenvalue weighted by atomic mass is 16.7. The van der Waals surface area contributed by atoms with Gasteiger partial charge in [0.15, 0.2) is 0 Å². The average molecular weight is 239 g/mol. The van der Waals surface area contributed by atoms with Crippen LogP contribution in [0.4, 0.5) is 0 Å². The van der Waals surface area contributed by atoms with Crippen LogP contribution in [-0.2, 0) is 14.1 Å². The molecule has 1 heterocycles. The summed E-state index contributed by atoms with van der Waals surface area (Å²) in [5, 5.41) is 2.82. The average Bonchev–Trinajstić information content (AvgIpc) is 2.34. The molecule has 1 rings (SSSR count). The lowest BCUT2D eigenvalue weighted by Crippen LogP contribution is -2.46. The SMILES string of the molecule is C/C=C/C(NC(C)=O)B1OC(C)(C)C(C)(C)O1. The van der Waals surface area contributed by atoms with E-state index in [0.29, 0.717) is 0 Å². The van der Waals surface area contributed by atoms with Crippen LogP contribution in [0.1, 0.15) is 41.5 Å². The highest BCUT2D eigenvalue weighted by molar-refractivity contribution is 6.48. The second-order valence-corrected chi connectivity index (χ2v) is 5.38. The van der Waals surface area contributed by atoms with Gasteiger partial charge in [0.2, 0.25) is 5.91 Å². The molecule has 0 spiro atoms. The quantitative estimate of drug-likeness (QED) is 0.602. The summed E-state index contributed by atoms with van der Waals surface area (Å²) in [6, 6.07) is 0. The zero-order valence-electron chi connectivity index (χ0n) is 11.5. The van der Waals surface area contributed by atoms with Crippen molar-refractivity contribution in [2.45, 2.75) is 58.7 Å². The Morgan fingerprint density at radius 1 is 1.24 bits per heavy atom. The van der Waals surface area contributed by atoms with E-state index in [1.807, 2.05) is 46.8 Å². The Bertz CT molecular complexity index is 310. The van der Waals surface area contributed by atoms with Crippen LogP contribution in [0.5, 0.6) is 0 Å². The third kappa shape index (κ3) is 3.10. The van der Waals surface area contributed by atoms with Gasteiger partial charge < -0.3 is 14.6 Å². The Balaban J connectivity index is 2.82. The molecular weight excluding hydrogens is 217 g/mol. The smallest absolute Gasteiger partial charge is 0.402 e. The van der Waals surface area contributed by atoms with Crippen LogP contribution in [0.25, 0.3) is 0 Å². The molecule has 1 aliphatic rings. The third-order valence-electron chi connectivity index (χ3n) is 3.33. The van der Waals surface area contributed by atoms with Gasteiger partial charge >= 0.3 is 7.12 Å². The molecule has 0 saturated carbocycles. The number of hydrogen-bond acceptors (Lipinski definition) is 3. The van der Waals surface area contributed by atoms with E-state index in [9.17, 15) is 4.79 Å². The minimum Gasteiger partial charge on any atom is -0.402 e. The van der Waals surface area contributed by atoms with E-state index < -0.39 is 7.12 Å². The van der Waals surface area contributed by atoms with Crippen molar-refractivity contribution in [2.24, 2.45) is 0 Å². The summed E-state index contributed by atoms with van der Waals surface area (Å²) >= 11 is 0. The molecule has 0 aromatic carbocycles. The van der Waals surface area contributed by atoms with Gasteiger partial charge in [-0.15, -0.1) is 0 Å². The van der Waals surface area contributed by atoms with Gasteiger partial charge in [-0.1, -0.05) is 12.2 Å². The summed E-state index contributed by atoms with van der Waals surface area (Å²) in [7, 11) is -0.444. The van der Waals surface area contributed by atoms with Gasteiger partial charge in [0.05, 0.1) is 17.1 Å². The first-order valence-corrected chi connectivity index (χ1v) is 5.95. The molecule has 1 aliphatic heterocycles. The van der Waals surface area contributed by atoms with Gasteiger partial charge in [-0.05, 0) is 34.6 Å². The Labute approximate surface area is 104 Å². The van der Waals surface area contributed by atoms with Crippen molar-refractivity contribution in [1.29, 1.82) is 0 Å². The zero-order chi connectivity index (χ0) is 13.3. The van der Waals surface area contributed by atoms with E-state index in [2.05, 4.69) is 5.32 Å². The molecule has 17 heavy (non-hydrogen) atoms. The maximum Gasteiger partial charge on any atom is 0.486 e. The summed E-state index contributed by atoms with van der Waals surface area (Å²) in [5.74, 6) is -0.346. The molecule has 1 fully saturated rings. The van der Waals surface area contributed by atoms with Crippen LogP contribution in [0.3, 0.4) is 0 Å². The Hall–Kier alpha value is -0.805. The van der Waals surface area contributed by atoms with Crippen LogP contribution < -0.4 is 5.32 Å². The van der Waals surface area contributed by atoms with Crippen molar-refractivity contribution in [3.8, 4) is 0 Å². The maximum absolute atomic E-state index is 11.2. The minimum atomic E-state index is -0.444. The van der Waals surface area contributed by atoms with Crippen molar-refractivity contribution in [3.63, 3.8) is 0 Å². The molecule has 0 radical (unpaired) electrons. The summed E-state index contributed by atoms with van der Waals surface area (Å²) in [5.41, 5.74) is -0.758. The van der Waals surface area contributed by atoms with Crippen molar-refractivity contribution in [1.82, 2.24) is 5.32 Å². The standard InChI is InChI=1S/C12H22BNO3/c1-7-8-10(14-9(2)15)13-16-11(3,4)12(5,6)17-13/h7-8,10H,1-6H3,(H,14,15)/b8-7+. The lowest BCUT2D eigenvalue weighted by atomic mass is 9.78. The van der Waals surface area contributed by atoms with Crippen LogP contribution in [0, 0.1) is 0 Å². The second kappa shape index (κ2) is 4.82. The van der Waals surface area contributed by atoms with Crippen molar-refractivity contribution in [3.05, 3.63) is 12.2 Å². The number of amides is 1. The van der Waals surface area contributed by atoms with Gasteiger partial charge in [0.1, 0.15) is 0 Å². The van der Waals surface area contributed by atoms with Crippen LogP contribution in [0.2, 0.25) is 0 Å². The van der Waals surface area contributed by atoms with Gasteiger partial charge in [-0.3, -0.25) is 4.79 Å². The van der Waals surface area contributed by atoms with Gasteiger partial charge in [-0.25, -0.2) is 0 Å². The summed E-state index contributed by atoms with van der Waals surface area (Å²) in [6.07, 6.45) is 3.76. The Kier molecular flexibility index (Phi) is 4.04. The molecule has 1 saturated heterocycles. The molecule has 1 N–H and O–H groups in total. The topological polar surface area (TPSA) is 47.6 Å². The first-order valence-electron chi connectivity index (χ1n) is 5.95. The predicted molar refractivity (Wildman–Crippen MR) is 68.5 cm³/mol. The lowest BCUT2D eigenvalue weighted by molar-refractivity contribution is -0.119. The highest BCUT2D eigenvalue weighted by Crippen LogP contribution is 2.37. The number of carbonyl (C=O) groups is 1. The molecule has 1 amide bonds. The van der Waals surface area contributed by atoms with E-state index in [1.165, 1.54) is 6.92 Å². The monoisotopic (exact) mass is 239 g/mol. The number of rotatable bonds is 3. The maximum atomic E-state index is 11.2. The molecular formula is C12H22BNO3. The second-order valence-electron chi connectivity index (χ2n) is 5.38. The first kappa shape index (κ1) is 14.3. The lowest BCUT2D eigenvalue weighted by Gasteiger charge is -2.32. The minimum absolute atomic E-state index is 0.0946. The number of nitrogens with one attached hydrogen (secondary N) is 1. The van der Waals surface area contributed by atoms with E-state index in [1.54, 1.807) is 0 Å². The molecule has 1 unspecified atom stereocenters. The van der Waals surface area contributed by atoms with Crippen molar-refractivity contribution >= 4 is 13.0 Å². The molecule has 0 aromatic heterocycles. The fourth-order valence-electron chi connectivity index (χ4n) is 1.68. The van der Waals surface area contributed by atoms with Crippen molar-refractivity contribution in [2.75, 3.05) is 0 Å². The molecule has 96 valence electrons. The molecule has 4 nitrogen and oxygen atoms in total. The number of allylic oxidation sites excluding steroid dienone is 1. The van der Waals surface area contributed by atoms with Crippen LogP contribution in [0.15, 0.2) is 12.2 Å². The van der Waals surface area contributed by atoms with Gasteiger partial charge in [-0.2, -0.15) is 0 Å². The zero-order valence-corrected chi connectivity index (χ0v) is 11.5. The van der Waals surface area contributed by atoms with E-state index in [4.69, 9.17) is 9.31 Å². The van der Waals surface area contributed by atoms with E-state index in [-0.39, 0.29) is 23.1 Å². The van der Waals surface area contributed by atoms with E-state index >= 15 is 0 Å². The molecule has 0 bridgehead atoms. The summed E-state index contributed by atoms with van der Waals surface area (Å²) in [4.78, 5) is 11.2. The third-order valence-corrected chi connectivity index (χ3v) is 3.33. The predicted octanol–water partition coefficient (Wildman–Crippen LogP) is 1.70. The summed E-state index contributed by atoms with van der Waals surface area (Å²) in [6.45, 7) is 11.4. The fraction of sp³-hybridized carbons (Fsp3) is 0.750. The van der Waals surface area contributed by atoms with Gasteiger partial charge in [0, 0.05) is 6.92 Å². The first-order chi connectivity index (χ1) is 7.69. The largest absolute Gasteiger partial charge is 0.486 e. The molecule has 1 atom stereocenters. The van der Waals surface area contributed by atoms with E-state index in [0.717, 1.165) is 0 Å². The number of hydrogen-bond donors (Lipinski definition) is 1. The molecule has 0 aromatic rings. The molecule has 5 heteroatoms. The normalized spacial score (nSPS) is 24.0. The van der Waals surface area contributed by atoms with Crippen LogP contribution in [-0.4, -0.2) is 30.2 Å².